The van der Waals surface area contributed by atoms with E-state index in [2.05, 4.69) is 81.6 Å². The predicted octanol–water partition coefficient (Wildman–Crippen LogP) is 6.23. The molecule has 0 bridgehead atoms. The molecule has 0 aromatic heterocycles. The molecule has 1 rings (SSSR count). The number of carbonyl (C=O) groups is 1. The molecule has 1 saturated heterocycles. The van der Waals surface area contributed by atoms with Gasteiger partial charge in [0.2, 0.25) is 0 Å². The van der Waals surface area contributed by atoms with Crippen molar-refractivity contribution in [2.75, 3.05) is 6.61 Å². The lowest BCUT2D eigenvalue weighted by atomic mass is 9.82. The Kier molecular flexibility index (Phi) is 7.87. The van der Waals surface area contributed by atoms with Crippen LogP contribution in [0.5, 0.6) is 0 Å². The summed E-state index contributed by atoms with van der Waals surface area (Å²) in [7, 11) is -3.80. The van der Waals surface area contributed by atoms with Gasteiger partial charge in [-0.1, -0.05) is 55.4 Å². The van der Waals surface area contributed by atoms with Crippen LogP contribution >= 0.6 is 0 Å². The zero-order valence-electron chi connectivity index (χ0n) is 20.7. The summed E-state index contributed by atoms with van der Waals surface area (Å²) in [6.07, 6.45) is -0.259. The summed E-state index contributed by atoms with van der Waals surface area (Å²) in [6.45, 7) is 29.4. The van der Waals surface area contributed by atoms with E-state index in [-0.39, 0.29) is 46.0 Å². The third-order valence-corrected chi connectivity index (χ3v) is 16.4. The van der Waals surface area contributed by atoms with Gasteiger partial charge < -0.3 is 13.6 Å². The standard InChI is InChI=1S/C22H46O4Si2/c1-15(14-24-27(10,11)21(4,5)6)18-16(2)19(17(3)20(23)25-18)26-28(12,13)22(7,8)9/h15-19H,14H2,1-13H3/t15-,16+,17+,18-,19-/m0/s1. The lowest BCUT2D eigenvalue weighted by Crippen LogP contribution is -2.56. The van der Waals surface area contributed by atoms with E-state index < -0.39 is 16.6 Å². The van der Waals surface area contributed by atoms with Gasteiger partial charge >= 0.3 is 5.97 Å². The average Bonchev–Trinajstić information content (AvgIpc) is 2.50. The van der Waals surface area contributed by atoms with Gasteiger partial charge in [0.25, 0.3) is 0 Å². The molecule has 0 saturated carbocycles. The first-order valence-corrected chi connectivity index (χ1v) is 16.7. The van der Waals surface area contributed by atoms with Crippen molar-refractivity contribution in [2.24, 2.45) is 17.8 Å². The second kappa shape index (κ2) is 8.52. The van der Waals surface area contributed by atoms with Crippen molar-refractivity contribution in [3.05, 3.63) is 0 Å². The Morgan fingerprint density at radius 2 is 1.43 bits per heavy atom. The molecular formula is C22H46O4Si2. The number of ether oxygens (including phenoxy) is 1. The van der Waals surface area contributed by atoms with Crippen molar-refractivity contribution >= 4 is 22.6 Å². The minimum atomic E-state index is -1.98. The van der Waals surface area contributed by atoms with Crippen molar-refractivity contribution in [1.29, 1.82) is 0 Å². The number of hydrogen-bond acceptors (Lipinski definition) is 4. The second-order valence-electron chi connectivity index (χ2n) is 11.9. The molecule has 0 spiro atoms. The molecule has 4 nitrogen and oxygen atoms in total. The first-order chi connectivity index (χ1) is 12.3. The summed E-state index contributed by atoms with van der Waals surface area (Å²) in [5.74, 6) is -0.0641. The van der Waals surface area contributed by atoms with E-state index >= 15 is 0 Å². The normalized spacial score (nSPS) is 28.8. The fourth-order valence-electron chi connectivity index (χ4n) is 3.14. The summed E-state index contributed by atoms with van der Waals surface area (Å²) < 4.78 is 19.0. The number of rotatable bonds is 6. The topological polar surface area (TPSA) is 44.8 Å². The Labute approximate surface area is 176 Å². The molecule has 1 heterocycles. The van der Waals surface area contributed by atoms with Crippen LogP contribution in [0.1, 0.15) is 62.3 Å². The smallest absolute Gasteiger partial charge is 0.311 e. The van der Waals surface area contributed by atoms with E-state index in [0.717, 1.165) is 0 Å². The van der Waals surface area contributed by atoms with E-state index in [4.69, 9.17) is 13.6 Å². The van der Waals surface area contributed by atoms with Gasteiger partial charge in [-0.15, -0.1) is 0 Å². The highest BCUT2D eigenvalue weighted by Crippen LogP contribution is 2.42. The van der Waals surface area contributed by atoms with Crippen LogP contribution < -0.4 is 0 Å². The van der Waals surface area contributed by atoms with E-state index in [9.17, 15) is 4.79 Å². The van der Waals surface area contributed by atoms with Crippen LogP contribution in [-0.4, -0.2) is 41.4 Å². The van der Waals surface area contributed by atoms with Crippen molar-refractivity contribution in [3.63, 3.8) is 0 Å². The lowest BCUT2D eigenvalue weighted by Gasteiger charge is -2.47. The van der Waals surface area contributed by atoms with E-state index in [1.54, 1.807) is 0 Å². The first kappa shape index (κ1) is 25.9. The maximum atomic E-state index is 12.6. The van der Waals surface area contributed by atoms with Gasteiger partial charge in [-0.2, -0.15) is 0 Å². The van der Waals surface area contributed by atoms with Crippen LogP contribution in [0, 0.1) is 17.8 Å². The molecule has 0 N–H and O–H groups in total. The fraction of sp³-hybridized carbons (Fsp3) is 0.955. The van der Waals surface area contributed by atoms with Gasteiger partial charge in [-0.25, -0.2) is 0 Å². The van der Waals surface area contributed by atoms with Crippen LogP contribution in [0.15, 0.2) is 0 Å². The van der Waals surface area contributed by atoms with Crippen LogP contribution in [0.4, 0.5) is 0 Å². The van der Waals surface area contributed by atoms with Crippen LogP contribution in [0.25, 0.3) is 0 Å². The zero-order valence-corrected chi connectivity index (χ0v) is 22.7. The number of cyclic esters (lactones) is 1. The summed E-state index contributed by atoms with van der Waals surface area (Å²) in [4.78, 5) is 12.6. The summed E-state index contributed by atoms with van der Waals surface area (Å²) in [5.41, 5.74) is 0. The average molecular weight is 431 g/mol. The van der Waals surface area contributed by atoms with Crippen molar-refractivity contribution < 1.29 is 18.4 Å². The van der Waals surface area contributed by atoms with Gasteiger partial charge in [-0.3, -0.25) is 4.79 Å². The molecule has 6 heteroatoms. The number of hydrogen-bond donors (Lipinski definition) is 0. The quantitative estimate of drug-likeness (QED) is 0.370. The van der Waals surface area contributed by atoms with Gasteiger partial charge in [0.1, 0.15) is 6.10 Å². The Bertz CT molecular complexity index is 546. The highest BCUT2D eigenvalue weighted by atomic mass is 28.4. The first-order valence-electron chi connectivity index (χ1n) is 10.8. The van der Waals surface area contributed by atoms with Crippen molar-refractivity contribution in [2.45, 2.75) is 111 Å². The molecule has 0 amide bonds. The summed E-state index contributed by atoms with van der Waals surface area (Å²) >= 11 is 0. The molecule has 166 valence electrons. The Hall–Kier alpha value is -0.176. The molecule has 1 fully saturated rings. The molecule has 0 radical (unpaired) electrons. The van der Waals surface area contributed by atoms with Gasteiger partial charge in [-0.05, 0) is 43.2 Å². The predicted molar refractivity (Wildman–Crippen MR) is 123 cm³/mol. The lowest BCUT2D eigenvalue weighted by molar-refractivity contribution is -0.182. The minimum absolute atomic E-state index is 0.0949. The van der Waals surface area contributed by atoms with Crippen LogP contribution in [0.2, 0.25) is 36.3 Å². The third-order valence-electron chi connectivity index (χ3n) is 7.46. The SMILES string of the molecule is C[C@@H]1[C@H]([C@@H](C)CO[Si](C)(C)C(C)(C)C)OC(=O)[C@H](C)[C@H]1O[Si](C)(C)C(C)(C)C. The largest absolute Gasteiger partial charge is 0.461 e. The van der Waals surface area contributed by atoms with E-state index in [1.165, 1.54) is 0 Å². The maximum absolute atomic E-state index is 12.6. The highest BCUT2D eigenvalue weighted by Gasteiger charge is 2.49. The van der Waals surface area contributed by atoms with Crippen molar-refractivity contribution in [1.82, 2.24) is 0 Å². The highest BCUT2D eigenvalue weighted by molar-refractivity contribution is 6.74. The molecule has 0 aliphatic carbocycles. The van der Waals surface area contributed by atoms with Crippen LogP contribution in [0.3, 0.4) is 0 Å². The Morgan fingerprint density at radius 3 is 1.86 bits per heavy atom. The summed E-state index contributed by atoms with van der Waals surface area (Å²) in [6, 6.07) is 0. The van der Waals surface area contributed by atoms with Gasteiger partial charge in [0.15, 0.2) is 16.6 Å². The van der Waals surface area contributed by atoms with Crippen molar-refractivity contribution in [3.8, 4) is 0 Å². The van der Waals surface area contributed by atoms with Crippen LogP contribution in [-0.2, 0) is 18.4 Å². The zero-order chi connectivity index (χ0) is 22.3. The Balaban J connectivity index is 2.95. The molecule has 0 aromatic carbocycles. The Morgan fingerprint density at radius 1 is 0.964 bits per heavy atom. The van der Waals surface area contributed by atoms with E-state index in [0.29, 0.717) is 6.61 Å². The number of carbonyl (C=O) groups excluding carboxylic acids is 1. The second-order valence-corrected chi connectivity index (χ2v) is 21.5. The number of esters is 1. The molecule has 0 aromatic rings. The van der Waals surface area contributed by atoms with E-state index in [1.807, 2.05) is 6.92 Å². The summed E-state index contributed by atoms with van der Waals surface area (Å²) in [5, 5.41) is 0.282. The molecular weight excluding hydrogens is 384 g/mol. The third kappa shape index (κ3) is 5.70. The van der Waals surface area contributed by atoms with Gasteiger partial charge in [0.05, 0.1) is 12.0 Å². The minimum Gasteiger partial charge on any atom is -0.461 e. The maximum Gasteiger partial charge on any atom is 0.311 e. The molecule has 5 atom stereocenters. The molecule has 28 heavy (non-hydrogen) atoms. The van der Waals surface area contributed by atoms with Gasteiger partial charge in [0, 0.05) is 18.4 Å². The molecule has 1 aliphatic heterocycles. The molecule has 0 unspecified atom stereocenters. The fourth-order valence-corrected chi connectivity index (χ4v) is 5.70. The molecule has 1 aliphatic rings. The monoisotopic (exact) mass is 430 g/mol.